The van der Waals surface area contributed by atoms with Gasteiger partial charge in [0.15, 0.2) is 6.29 Å². The second kappa shape index (κ2) is 43.3. The van der Waals surface area contributed by atoms with Gasteiger partial charge in [0.25, 0.3) is 0 Å². The van der Waals surface area contributed by atoms with Gasteiger partial charge in [-0.2, -0.15) is 0 Å². The van der Waals surface area contributed by atoms with Crippen molar-refractivity contribution < 1.29 is 39.8 Å². The fraction of sp³-hybridized carbons (Fsp3) is 0.868. The van der Waals surface area contributed by atoms with Crippen molar-refractivity contribution in [2.75, 3.05) is 13.2 Å². The van der Waals surface area contributed by atoms with E-state index >= 15 is 0 Å². The number of carbonyl (C=O) groups excluding carboxylic acids is 1. The third kappa shape index (κ3) is 33.0. The number of aliphatic hydroxyl groups is 5. The van der Waals surface area contributed by atoms with E-state index in [1.807, 2.05) is 6.08 Å². The second-order valence-corrected chi connectivity index (χ2v) is 18.3. The summed E-state index contributed by atoms with van der Waals surface area (Å²) in [6.45, 7) is 3.77. The minimum atomic E-state index is -1.57. The first-order valence-corrected chi connectivity index (χ1v) is 26.2. The van der Waals surface area contributed by atoms with Crippen LogP contribution in [0.4, 0.5) is 0 Å². The Morgan fingerprint density at radius 1 is 0.548 bits per heavy atom. The van der Waals surface area contributed by atoms with Crippen LogP contribution in [0.3, 0.4) is 0 Å². The molecule has 0 saturated carbocycles. The minimum absolute atomic E-state index is 0.179. The Kier molecular flexibility index (Phi) is 40.8. The number of amides is 1. The second-order valence-electron chi connectivity index (χ2n) is 18.3. The molecule has 1 aliphatic rings. The minimum Gasteiger partial charge on any atom is -0.394 e. The number of ether oxygens (including phenoxy) is 2. The summed E-state index contributed by atoms with van der Waals surface area (Å²) < 4.78 is 11.2. The van der Waals surface area contributed by atoms with Crippen LogP contribution in [0.25, 0.3) is 0 Å². The lowest BCUT2D eigenvalue weighted by molar-refractivity contribution is -0.302. The van der Waals surface area contributed by atoms with Crippen LogP contribution in [-0.2, 0) is 14.3 Å². The SMILES string of the molecule is CCCCCCCCCCC/C=C\C/C=C\CCCCCCCCCCCCCC(=O)NC(COC1OC(CO)C(O)C(O)C1O)C(O)/C=C/CCCCCCCCCCCC. The van der Waals surface area contributed by atoms with Crippen molar-refractivity contribution in [3.63, 3.8) is 0 Å². The summed E-state index contributed by atoms with van der Waals surface area (Å²) in [4.78, 5) is 13.0. The third-order valence-corrected chi connectivity index (χ3v) is 12.5. The molecule has 0 aromatic carbocycles. The molecule has 0 aromatic rings. The van der Waals surface area contributed by atoms with Crippen LogP contribution in [0.1, 0.15) is 239 Å². The van der Waals surface area contributed by atoms with Crippen molar-refractivity contribution in [1.29, 1.82) is 0 Å². The first-order valence-electron chi connectivity index (χ1n) is 26.2. The normalized spacial score (nSPS) is 20.5. The monoisotopic (exact) mass is 878 g/mol. The molecule has 1 fully saturated rings. The van der Waals surface area contributed by atoms with Crippen LogP contribution < -0.4 is 5.32 Å². The third-order valence-electron chi connectivity index (χ3n) is 12.5. The zero-order chi connectivity index (χ0) is 45.1. The Morgan fingerprint density at radius 2 is 0.952 bits per heavy atom. The molecule has 1 amide bonds. The van der Waals surface area contributed by atoms with Crippen LogP contribution in [-0.4, -0.2) is 87.5 Å². The van der Waals surface area contributed by atoms with Crippen LogP contribution in [0.15, 0.2) is 36.5 Å². The van der Waals surface area contributed by atoms with Gasteiger partial charge in [0.2, 0.25) is 5.91 Å². The van der Waals surface area contributed by atoms with Crippen molar-refractivity contribution in [1.82, 2.24) is 5.32 Å². The van der Waals surface area contributed by atoms with Gasteiger partial charge in [-0.1, -0.05) is 217 Å². The van der Waals surface area contributed by atoms with Crippen molar-refractivity contribution in [3.05, 3.63) is 36.5 Å². The van der Waals surface area contributed by atoms with Gasteiger partial charge in [-0.25, -0.2) is 0 Å². The lowest BCUT2D eigenvalue weighted by Gasteiger charge is -2.40. The first kappa shape index (κ1) is 58.4. The van der Waals surface area contributed by atoms with Crippen LogP contribution in [0.5, 0.6) is 0 Å². The molecule has 364 valence electrons. The highest BCUT2D eigenvalue weighted by molar-refractivity contribution is 5.76. The summed E-state index contributed by atoms with van der Waals surface area (Å²) >= 11 is 0. The molecule has 6 N–H and O–H groups in total. The Hall–Kier alpha value is -1.59. The highest BCUT2D eigenvalue weighted by Gasteiger charge is 2.44. The molecule has 0 spiro atoms. The Bertz CT molecular complexity index is 1070. The molecule has 0 aliphatic carbocycles. The van der Waals surface area contributed by atoms with Crippen LogP contribution in [0, 0.1) is 0 Å². The number of hydrogen-bond acceptors (Lipinski definition) is 8. The highest BCUT2D eigenvalue weighted by atomic mass is 16.7. The fourth-order valence-electron chi connectivity index (χ4n) is 8.25. The molecule has 9 heteroatoms. The van der Waals surface area contributed by atoms with Crippen molar-refractivity contribution in [2.24, 2.45) is 0 Å². The maximum absolute atomic E-state index is 13.0. The predicted molar refractivity (Wildman–Crippen MR) is 258 cm³/mol. The molecule has 0 radical (unpaired) electrons. The summed E-state index contributed by atoms with van der Waals surface area (Å²) in [5.74, 6) is -0.179. The van der Waals surface area contributed by atoms with Gasteiger partial charge in [-0.15, -0.1) is 0 Å². The number of allylic oxidation sites excluding steroid dienone is 5. The molecule has 1 aliphatic heterocycles. The Labute approximate surface area is 381 Å². The summed E-state index contributed by atoms with van der Waals surface area (Å²) in [6, 6.07) is -0.804. The van der Waals surface area contributed by atoms with Crippen molar-refractivity contribution in [2.45, 2.75) is 281 Å². The molecule has 1 heterocycles. The Balaban J connectivity index is 2.20. The maximum atomic E-state index is 13.0. The van der Waals surface area contributed by atoms with E-state index in [4.69, 9.17) is 9.47 Å². The number of unbranched alkanes of at least 4 members (excludes halogenated alkanes) is 30. The molecule has 9 nitrogen and oxygen atoms in total. The number of nitrogens with one attached hydrogen (secondary N) is 1. The van der Waals surface area contributed by atoms with E-state index in [0.29, 0.717) is 6.42 Å². The van der Waals surface area contributed by atoms with Gasteiger partial charge in [0.1, 0.15) is 24.4 Å². The van der Waals surface area contributed by atoms with Gasteiger partial charge in [0, 0.05) is 6.42 Å². The quantitative estimate of drug-likeness (QED) is 0.0262. The van der Waals surface area contributed by atoms with Crippen molar-refractivity contribution >= 4 is 5.91 Å². The average molecular weight is 878 g/mol. The molecular formula is C53H99NO8. The molecule has 1 rings (SSSR count). The summed E-state index contributed by atoms with van der Waals surface area (Å²) in [5, 5.41) is 54.2. The number of rotatable bonds is 44. The van der Waals surface area contributed by atoms with Gasteiger partial charge in [-0.05, 0) is 51.4 Å². The van der Waals surface area contributed by atoms with E-state index in [0.717, 1.165) is 44.9 Å². The number of carbonyl (C=O) groups is 1. The summed E-state index contributed by atoms with van der Waals surface area (Å²) in [6.07, 6.45) is 47.8. The summed E-state index contributed by atoms with van der Waals surface area (Å²) in [5.41, 5.74) is 0. The molecule has 62 heavy (non-hydrogen) atoms. The van der Waals surface area contributed by atoms with E-state index in [-0.39, 0.29) is 12.5 Å². The predicted octanol–water partition coefficient (Wildman–Crippen LogP) is 12.0. The van der Waals surface area contributed by atoms with Crippen LogP contribution >= 0.6 is 0 Å². The topological polar surface area (TPSA) is 149 Å². The van der Waals surface area contributed by atoms with E-state index in [1.54, 1.807) is 6.08 Å². The van der Waals surface area contributed by atoms with E-state index < -0.39 is 49.5 Å². The van der Waals surface area contributed by atoms with Crippen molar-refractivity contribution in [3.8, 4) is 0 Å². The smallest absolute Gasteiger partial charge is 0.220 e. The van der Waals surface area contributed by atoms with Gasteiger partial charge >= 0.3 is 0 Å². The van der Waals surface area contributed by atoms with E-state index in [9.17, 15) is 30.3 Å². The number of hydrogen-bond donors (Lipinski definition) is 6. The zero-order valence-corrected chi connectivity index (χ0v) is 40.1. The van der Waals surface area contributed by atoms with Gasteiger partial charge in [-0.3, -0.25) is 4.79 Å². The first-order chi connectivity index (χ1) is 30.3. The van der Waals surface area contributed by atoms with Gasteiger partial charge < -0.3 is 40.3 Å². The molecular weight excluding hydrogens is 779 g/mol. The fourth-order valence-corrected chi connectivity index (χ4v) is 8.25. The zero-order valence-electron chi connectivity index (χ0n) is 40.1. The lowest BCUT2D eigenvalue weighted by atomic mass is 9.99. The largest absolute Gasteiger partial charge is 0.394 e. The van der Waals surface area contributed by atoms with Crippen LogP contribution in [0.2, 0.25) is 0 Å². The number of aliphatic hydroxyl groups excluding tert-OH is 5. The summed E-state index contributed by atoms with van der Waals surface area (Å²) in [7, 11) is 0. The van der Waals surface area contributed by atoms with Gasteiger partial charge in [0.05, 0.1) is 25.4 Å². The Morgan fingerprint density at radius 3 is 1.39 bits per heavy atom. The standard InChI is InChI=1S/C53H99NO8/c1-3-5-7-9-11-13-15-17-18-19-20-21-22-23-24-25-26-27-28-29-30-31-33-35-37-39-41-43-49(57)54-46(45-61-53-52(60)51(59)50(58)48(44-55)62-53)47(56)42-40-38-36-34-32-16-14-12-10-8-6-4-2/h20-21,23-24,40,42,46-48,50-53,55-56,58-60H,3-19,22,25-39,41,43-45H2,1-2H3,(H,54,57)/b21-20-,24-23-,42-40+. The average Bonchev–Trinajstić information content (AvgIpc) is 3.27. The maximum Gasteiger partial charge on any atom is 0.220 e. The lowest BCUT2D eigenvalue weighted by Crippen LogP contribution is -2.60. The molecule has 7 unspecified atom stereocenters. The van der Waals surface area contributed by atoms with E-state index in [1.165, 1.54) is 173 Å². The highest BCUT2D eigenvalue weighted by Crippen LogP contribution is 2.23. The molecule has 0 bridgehead atoms. The molecule has 7 atom stereocenters. The van der Waals surface area contributed by atoms with E-state index in [2.05, 4.69) is 43.5 Å². The molecule has 0 aromatic heterocycles. The molecule has 1 saturated heterocycles.